The molecule has 0 unspecified atom stereocenters. The Morgan fingerprint density at radius 1 is 0.375 bits per heavy atom. The average Bonchev–Trinajstić information content (AvgIpc) is 4.05. The van der Waals surface area contributed by atoms with Gasteiger partial charge in [0.2, 0.25) is 0 Å². The highest BCUT2D eigenvalue weighted by atomic mass is 28.3. The SMILES string of the molecule is C[Si]1(C)c2cc(-c3cc4ccccc4o3)c3c(oc4ccccc43)c2-c2ccc3c(c21)[Si](C)(C)c1cc(-c2cc4ccccc4o2)c2c(oc4ccccc42)c1-3. The Kier molecular flexibility index (Phi) is 5.68. The van der Waals surface area contributed by atoms with Gasteiger partial charge in [0.15, 0.2) is 0 Å². The number of furan rings is 4. The van der Waals surface area contributed by atoms with Gasteiger partial charge in [0, 0.05) is 54.6 Å². The molecule has 0 fully saturated rings. The van der Waals surface area contributed by atoms with E-state index in [0.29, 0.717) is 0 Å². The minimum Gasteiger partial charge on any atom is -0.456 e. The number of benzene rings is 7. The predicted molar refractivity (Wildman–Crippen MR) is 236 cm³/mol. The van der Waals surface area contributed by atoms with E-state index in [0.717, 1.165) is 88.5 Å². The molecule has 11 aromatic rings. The van der Waals surface area contributed by atoms with Crippen LogP contribution in [-0.4, -0.2) is 16.1 Å². The van der Waals surface area contributed by atoms with Crippen LogP contribution in [0.25, 0.3) is 111 Å². The molecule has 0 N–H and O–H groups in total. The lowest BCUT2D eigenvalue weighted by molar-refractivity contribution is 0.631. The minimum absolute atomic E-state index is 0.879. The van der Waals surface area contributed by atoms with E-state index in [2.05, 4.69) is 148 Å². The number of para-hydroxylation sites is 4. The van der Waals surface area contributed by atoms with Gasteiger partial charge in [-0.25, -0.2) is 0 Å². The fourth-order valence-corrected chi connectivity index (χ4v) is 19.0. The van der Waals surface area contributed by atoms with Crippen molar-refractivity contribution in [2.75, 3.05) is 0 Å². The molecule has 6 heterocycles. The molecule has 13 rings (SSSR count). The molecule has 7 aromatic carbocycles. The van der Waals surface area contributed by atoms with Gasteiger partial charge in [-0.3, -0.25) is 0 Å². The summed E-state index contributed by atoms with van der Waals surface area (Å²) in [5, 5.41) is 12.6. The molecule has 4 aromatic heterocycles. The maximum atomic E-state index is 6.96. The molecule has 6 heteroatoms. The second-order valence-electron chi connectivity index (χ2n) is 16.8. The van der Waals surface area contributed by atoms with Crippen molar-refractivity contribution in [2.24, 2.45) is 0 Å². The second kappa shape index (κ2) is 10.3. The molecule has 0 atom stereocenters. The van der Waals surface area contributed by atoms with Crippen LogP contribution in [0.3, 0.4) is 0 Å². The lowest BCUT2D eigenvalue weighted by atomic mass is 9.94. The summed E-state index contributed by atoms with van der Waals surface area (Å²) in [6.45, 7) is 10.2. The summed E-state index contributed by atoms with van der Waals surface area (Å²) >= 11 is 0. The smallest absolute Gasteiger partial charge is 0.143 e. The van der Waals surface area contributed by atoms with Gasteiger partial charge in [-0.2, -0.15) is 0 Å². The lowest BCUT2D eigenvalue weighted by Gasteiger charge is -2.28. The van der Waals surface area contributed by atoms with Gasteiger partial charge < -0.3 is 17.7 Å². The van der Waals surface area contributed by atoms with E-state index in [1.54, 1.807) is 0 Å². The Labute approximate surface area is 323 Å². The van der Waals surface area contributed by atoms with Crippen LogP contribution in [0.15, 0.2) is 151 Å². The zero-order valence-corrected chi connectivity index (χ0v) is 33.3. The highest BCUT2D eigenvalue weighted by molar-refractivity contribution is 7.13. The molecular formula is C50H34O4Si2. The van der Waals surface area contributed by atoms with Gasteiger partial charge in [-0.05, 0) is 68.3 Å². The predicted octanol–water partition coefficient (Wildman–Crippen LogP) is 11.9. The van der Waals surface area contributed by atoms with E-state index >= 15 is 0 Å². The van der Waals surface area contributed by atoms with E-state index in [1.165, 1.54) is 43.0 Å². The van der Waals surface area contributed by atoms with E-state index in [9.17, 15) is 0 Å². The Bertz CT molecular complexity index is 3250. The fraction of sp³-hybridized carbons (Fsp3) is 0.0800. The van der Waals surface area contributed by atoms with E-state index in [1.807, 2.05) is 12.1 Å². The third-order valence-electron chi connectivity index (χ3n) is 13.0. The molecule has 4 nitrogen and oxygen atoms in total. The molecule has 2 aliphatic rings. The van der Waals surface area contributed by atoms with Crippen molar-refractivity contribution in [3.63, 3.8) is 0 Å². The first-order chi connectivity index (χ1) is 27.3. The van der Waals surface area contributed by atoms with Crippen molar-refractivity contribution in [1.29, 1.82) is 0 Å². The molecule has 266 valence electrons. The summed E-state index contributed by atoms with van der Waals surface area (Å²) in [6.07, 6.45) is 0. The maximum Gasteiger partial charge on any atom is 0.143 e. The van der Waals surface area contributed by atoms with Crippen LogP contribution in [-0.2, 0) is 0 Å². The Hall–Kier alpha value is -6.35. The topological polar surface area (TPSA) is 52.6 Å². The summed E-state index contributed by atoms with van der Waals surface area (Å²) in [4.78, 5) is 0. The summed E-state index contributed by atoms with van der Waals surface area (Å²) < 4.78 is 27.2. The Morgan fingerprint density at radius 2 is 0.768 bits per heavy atom. The van der Waals surface area contributed by atoms with E-state index in [4.69, 9.17) is 17.7 Å². The van der Waals surface area contributed by atoms with Crippen LogP contribution in [0.5, 0.6) is 0 Å². The Balaban J connectivity index is 1.11. The van der Waals surface area contributed by atoms with Crippen molar-refractivity contribution < 1.29 is 17.7 Å². The van der Waals surface area contributed by atoms with Crippen LogP contribution >= 0.6 is 0 Å². The monoisotopic (exact) mass is 754 g/mol. The largest absolute Gasteiger partial charge is 0.456 e. The highest BCUT2D eigenvalue weighted by Gasteiger charge is 2.50. The average molecular weight is 755 g/mol. The lowest BCUT2D eigenvalue weighted by Crippen LogP contribution is -2.63. The van der Waals surface area contributed by atoms with Gasteiger partial charge in [0.05, 0.1) is 0 Å². The van der Waals surface area contributed by atoms with Crippen LogP contribution in [0.4, 0.5) is 0 Å². The summed E-state index contributed by atoms with van der Waals surface area (Å²) in [5.74, 6) is 1.76. The molecule has 0 aliphatic carbocycles. The minimum atomic E-state index is -2.35. The number of hydrogen-bond acceptors (Lipinski definition) is 4. The maximum absolute atomic E-state index is 6.96. The molecule has 0 bridgehead atoms. The molecule has 56 heavy (non-hydrogen) atoms. The third-order valence-corrected chi connectivity index (χ3v) is 20.3. The van der Waals surface area contributed by atoms with Crippen LogP contribution < -0.4 is 20.7 Å². The quantitative estimate of drug-likeness (QED) is 0.165. The second-order valence-corrected chi connectivity index (χ2v) is 25.3. The first-order valence-electron chi connectivity index (χ1n) is 19.4. The summed E-state index contributed by atoms with van der Waals surface area (Å²) in [6, 6.07) is 47.6. The van der Waals surface area contributed by atoms with Gasteiger partial charge in [-0.15, -0.1) is 0 Å². The molecule has 0 saturated carbocycles. The summed E-state index contributed by atoms with van der Waals surface area (Å²) in [7, 11) is -4.70. The van der Waals surface area contributed by atoms with Crippen molar-refractivity contribution in [1.82, 2.24) is 0 Å². The van der Waals surface area contributed by atoms with Crippen molar-refractivity contribution >= 4 is 103 Å². The van der Waals surface area contributed by atoms with Gasteiger partial charge in [-0.1, -0.05) is 123 Å². The molecule has 0 amide bonds. The number of hydrogen-bond donors (Lipinski definition) is 0. The first-order valence-corrected chi connectivity index (χ1v) is 25.4. The molecule has 2 aliphatic heterocycles. The Morgan fingerprint density at radius 3 is 1.20 bits per heavy atom. The first kappa shape index (κ1) is 30.9. The van der Waals surface area contributed by atoms with Crippen molar-refractivity contribution in [2.45, 2.75) is 26.2 Å². The van der Waals surface area contributed by atoms with Crippen LogP contribution in [0.2, 0.25) is 26.2 Å². The number of rotatable bonds is 2. The zero-order chi connectivity index (χ0) is 37.2. The van der Waals surface area contributed by atoms with Crippen molar-refractivity contribution in [3.8, 4) is 44.9 Å². The molecular weight excluding hydrogens is 721 g/mol. The summed E-state index contributed by atoms with van der Waals surface area (Å²) in [5.41, 5.74) is 12.9. The standard InChI is InChI=1S/C50H34O4Si2/c1-55(2)41-25-33(39-23-27-13-5-9-17-35(27)51-39)43-29-15-7-11-19-37(29)53-47(43)45(41)31-21-22-32-46-42(56(3,4)50(32)49(31)55)26-34(40-24-28-14-6-10-18-36(28)52-40)44-30-16-8-12-20-38(30)54-48(44)46/h5-26H,1-4H3. The van der Waals surface area contributed by atoms with E-state index in [-0.39, 0.29) is 0 Å². The zero-order valence-electron chi connectivity index (χ0n) is 31.3. The van der Waals surface area contributed by atoms with E-state index < -0.39 is 16.1 Å². The third kappa shape index (κ3) is 3.73. The van der Waals surface area contributed by atoms with Crippen LogP contribution in [0.1, 0.15) is 0 Å². The van der Waals surface area contributed by atoms with Gasteiger partial charge in [0.25, 0.3) is 0 Å². The van der Waals surface area contributed by atoms with Gasteiger partial charge >= 0.3 is 0 Å². The van der Waals surface area contributed by atoms with Crippen molar-refractivity contribution in [3.05, 3.63) is 133 Å². The normalized spacial score (nSPS) is 15.1. The highest BCUT2D eigenvalue weighted by Crippen LogP contribution is 2.48. The van der Waals surface area contributed by atoms with Crippen LogP contribution in [0, 0.1) is 0 Å². The number of fused-ring (bicyclic) bond motifs is 17. The van der Waals surface area contributed by atoms with Gasteiger partial charge in [0.1, 0.15) is 61.2 Å². The molecule has 0 saturated heterocycles. The fourth-order valence-electron chi connectivity index (χ4n) is 10.5. The molecule has 0 radical (unpaired) electrons. The molecule has 0 spiro atoms.